The molecule has 1 aromatic rings. The van der Waals surface area contributed by atoms with E-state index in [1.807, 2.05) is 30.3 Å². The second-order valence-electron chi connectivity index (χ2n) is 7.79. The first-order chi connectivity index (χ1) is 13.0. The van der Waals surface area contributed by atoms with Crippen molar-refractivity contribution < 1.29 is 20.1 Å². The Morgan fingerprint density at radius 2 is 1.93 bits per heavy atom. The number of ketones is 1. The van der Waals surface area contributed by atoms with Crippen molar-refractivity contribution in [3.63, 3.8) is 0 Å². The summed E-state index contributed by atoms with van der Waals surface area (Å²) in [4.78, 5) is 12.2. The molecule has 0 aliphatic heterocycles. The summed E-state index contributed by atoms with van der Waals surface area (Å²) in [6, 6.07) is 10.0. The van der Waals surface area contributed by atoms with Gasteiger partial charge >= 0.3 is 0 Å². The lowest BCUT2D eigenvalue weighted by molar-refractivity contribution is -0.121. The molecule has 0 amide bonds. The summed E-state index contributed by atoms with van der Waals surface area (Å²) in [5, 5.41) is 30.8. The van der Waals surface area contributed by atoms with Gasteiger partial charge < -0.3 is 15.3 Å². The Morgan fingerprint density at radius 1 is 1.19 bits per heavy atom. The monoisotopic (exact) mass is 374 g/mol. The van der Waals surface area contributed by atoms with Gasteiger partial charge in [-0.05, 0) is 24.8 Å². The average molecular weight is 375 g/mol. The van der Waals surface area contributed by atoms with E-state index < -0.39 is 18.3 Å². The Bertz CT molecular complexity index is 583. The van der Waals surface area contributed by atoms with Gasteiger partial charge in [0.05, 0.1) is 18.3 Å². The Balaban J connectivity index is 1.87. The fourth-order valence-electron chi connectivity index (χ4n) is 3.91. The van der Waals surface area contributed by atoms with Gasteiger partial charge in [0.2, 0.25) is 0 Å². The quantitative estimate of drug-likeness (QED) is 0.410. The highest BCUT2D eigenvalue weighted by atomic mass is 16.3. The van der Waals surface area contributed by atoms with Crippen LogP contribution in [0.2, 0.25) is 0 Å². The number of hydrogen-bond acceptors (Lipinski definition) is 4. The first-order valence-electron chi connectivity index (χ1n) is 10.3. The number of carbonyl (C=O) groups excluding carboxylic acids is 1. The van der Waals surface area contributed by atoms with Crippen LogP contribution in [-0.4, -0.2) is 39.4 Å². The molecule has 27 heavy (non-hydrogen) atoms. The SMILES string of the molecule is CCCCCC(=O)C[C@@H]1[C@@H](/C=C/[C@@H](O)CCc2ccccc2)[C@H](O)C[C@@H]1O. The summed E-state index contributed by atoms with van der Waals surface area (Å²) in [5.74, 6) is -0.377. The molecule has 0 aromatic heterocycles. The van der Waals surface area contributed by atoms with Crippen LogP contribution in [0.3, 0.4) is 0 Å². The van der Waals surface area contributed by atoms with Crippen LogP contribution < -0.4 is 0 Å². The molecule has 0 unspecified atom stereocenters. The summed E-state index contributed by atoms with van der Waals surface area (Å²) in [6.07, 6.45) is 7.12. The van der Waals surface area contributed by atoms with Crippen LogP contribution in [0.25, 0.3) is 0 Å². The largest absolute Gasteiger partial charge is 0.393 e. The zero-order valence-electron chi connectivity index (χ0n) is 16.3. The molecule has 3 N–H and O–H groups in total. The van der Waals surface area contributed by atoms with Crippen LogP contribution in [0, 0.1) is 11.8 Å². The molecule has 2 rings (SSSR count). The van der Waals surface area contributed by atoms with Gasteiger partial charge in [-0.1, -0.05) is 62.2 Å². The topological polar surface area (TPSA) is 77.8 Å². The minimum atomic E-state index is -0.661. The summed E-state index contributed by atoms with van der Waals surface area (Å²) < 4.78 is 0. The molecule has 0 bridgehead atoms. The van der Waals surface area contributed by atoms with Gasteiger partial charge in [-0.25, -0.2) is 0 Å². The predicted molar refractivity (Wildman–Crippen MR) is 107 cm³/mol. The highest BCUT2D eigenvalue weighted by Gasteiger charge is 2.41. The molecule has 1 aliphatic rings. The Hall–Kier alpha value is -1.49. The van der Waals surface area contributed by atoms with Gasteiger partial charge in [0.25, 0.3) is 0 Å². The summed E-state index contributed by atoms with van der Waals surface area (Å²) in [5.41, 5.74) is 1.18. The smallest absolute Gasteiger partial charge is 0.133 e. The number of aliphatic hydroxyl groups excluding tert-OH is 3. The molecule has 1 saturated carbocycles. The normalized spacial score (nSPS) is 26.5. The summed E-state index contributed by atoms with van der Waals surface area (Å²) in [6.45, 7) is 2.10. The maximum Gasteiger partial charge on any atom is 0.133 e. The fraction of sp³-hybridized carbons (Fsp3) is 0.609. The van der Waals surface area contributed by atoms with Crippen molar-refractivity contribution in [3.8, 4) is 0 Å². The maximum absolute atomic E-state index is 12.2. The first-order valence-corrected chi connectivity index (χ1v) is 10.3. The first kappa shape index (κ1) is 21.8. The predicted octanol–water partition coefficient (Wildman–Crippen LogP) is 3.43. The van der Waals surface area contributed by atoms with Gasteiger partial charge in [-0.2, -0.15) is 0 Å². The molecule has 0 heterocycles. The van der Waals surface area contributed by atoms with E-state index in [4.69, 9.17) is 0 Å². The van der Waals surface area contributed by atoms with Crippen LogP contribution in [-0.2, 0) is 11.2 Å². The molecule has 0 spiro atoms. The van der Waals surface area contributed by atoms with Crippen LogP contribution in [0.4, 0.5) is 0 Å². The van der Waals surface area contributed by atoms with Gasteiger partial charge in [0, 0.05) is 31.1 Å². The molecule has 0 saturated heterocycles. The molecule has 1 fully saturated rings. The number of hydrogen-bond donors (Lipinski definition) is 3. The third-order valence-electron chi connectivity index (χ3n) is 5.57. The van der Waals surface area contributed by atoms with Crippen LogP contribution in [0.15, 0.2) is 42.5 Å². The molecule has 5 atom stereocenters. The van der Waals surface area contributed by atoms with E-state index in [1.54, 1.807) is 12.2 Å². The van der Waals surface area contributed by atoms with Crippen molar-refractivity contribution in [2.24, 2.45) is 11.8 Å². The van der Waals surface area contributed by atoms with E-state index >= 15 is 0 Å². The second-order valence-corrected chi connectivity index (χ2v) is 7.79. The third kappa shape index (κ3) is 7.21. The lowest BCUT2D eigenvalue weighted by Gasteiger charge is -2.20. The van der Waals surface area contributed by atoms with Crippen LogP contribution in [0.5, 0.6) is 0 Å². The number of carbonyl (C=O) groups is 1. The van der Waals surface area contributed by atoms with Crippen molar-refractivity contribution in [1.82, 2.24) is 0 Å². The van der Waals surface area contributed by atoms with Gasteiger partial charge in [-0.15, -0.1) is 0 Å². The molecule has 1 aromatic carbocycles. The lowest BCUT2D eigenvalue weighted by Crippen LogP contribution is -2.24. The molecular weight excluding hydrogens is 340 g/mol. The summed E-state index contributed by atoms with van der Waals surface area (Å²) >= 11 is 0. The highest BCUT2D eigenvalue weighted by Crippen LogP contribution is 2.36. The molecule has 0 radical (unpaired) electrons. The number of benzene rings is 1. The van der Waals surface area contributed by atoms with Gasteiger partial charge in [0.1, 0.15) is 5.78 Å². The minimum absolute atomic E-state index is 0.157. The second kappa shape index (κ2) is 11.4. The third-order valence-corrected chi connectivity index (χ3v) is 5.57. The molecule has 150 valence electrons. The van der Waals surface area contributed by atoms with Crippen LogP contribution in [0.1, 0.15) is 57.4 Å². The zero-order valence-corrected chi connectivity index (χ0v) is 16.3. The molecule has 4 heteroatoms. The Morgan fingerprint density at radius 3 is 2.63 bits per heavy atom. The molecule has 4 nitrogen and oxygen atoms in total. The van der Waals surface area contributed by atoms with E-state index in [1.165, 1.54) is 5.56 Å². The van der Waals surface area contributed by atoms with Crippen molar-refractivity contribution >= 4 is 5.78 Å². The average Bonchev–Trinajstić information content (AvgIpc) is 2.92. The minimum Gasteiger partial charge on any atom is -0.393 e. The molecular formula is C23H34O4. The zero-order chi connectivity index (χ0) is 19.6. The van der Waals surface area contributed by atoms with Gasteiger partial charge in [0.15, 0.2) is 0 Å². The van der Waals surface area contributed by atoms with Crippen molar-refractivity contribution in [2.75, 3.05) is 0 Å². The highest BCUT2D eigenvalue weighted by molar-refractivity contribution is 5.78. The standard InChI is InChI=1S/C23H34O4/c1-2-3-5-10-19(25)15-21-20(22(26)16-23(21)27)14-13-18(24)12-11-17-8-6-4-7-9-17/h4,6-9,13-14,18,20-24,26-27H,2-3,5,10-12,15-16H2,1H3/b14-13+/t18-,20+,21+,22+,23-/m0/s1. The number of unbranched alkanes of at least 4 members (excludes halogenated alkanes) is 2. The van der Waals surface area contributed by atoms with Crippen molar-refractivity contribution in [3.05, 3.63) is 48.0 Å². The van der Waals surface area contributed by atoms with E-state index in [9.17, 15) is 20.1 Å². The van der Waals surface area contributed by atoms with Crippen molar-refractivity contribution in [1.29, 1.82) is 0 Å². The number of Topliss-reactive ketones (excluding diaryl/α,β-unsaturated/α-hetero) is 1. The van der Waals surface area contributed by atoms with Gasteiger partial charge in [-0.3, -0.25) is 4.79 Å². The number of aryl methyl sites for hydroxylation is 1. The Labute approximate surface area is 162 Å². The van der Waals surface area contributed by atoms with Crippen LogP contribution >= 0.6 is 0 Å². The lowest BCUT2D eigenvalue weighted by atomic mass is 9.87. The van der Waals surface area contributed by atoms with Crippen molar-refractivity contribution in [2.45, 2.75) is 76.6 Å². The van der Waals surface area contributed by atoms with E-state index in [0.29, 0.717) is 25.7 Å². The number of rotatable bonds is 11. The van der Waals surface area contributed by atoms with E-state index in [2.05, 4.69) is 6.92 Å². The van der Waals surface area contributed by atoms with E-state index in [0.717, 1.165) is 25.7 Å². The van der Waals surface area contributed by atoms with E-state index in [-0.39, 0.29) is 17.6 Å². The fourth-order valence-corrected chi connectivity index (χ4v) is 3.91. The maximum atomic E-state index is 12.2. The number of aliphatic hydroxyl groups is 3. The Kier molecular flexibility index (Phi) is 9.19. The molecule has 1 aliphatic carbocycles. The summed E-state index contributed by atoms with van der Waals surface area (Å²) in [7, 11) is 0.